The van der Waals surface area contributed by atoms with Crippen molar-refractivity contribution in [2.24, 2.45) is 5.73 Å². The Bertz CT molecular complexity index is 951. The highest BCUT2D eigenvalue weighted by Crippen LogP contribution is 2.34. The molecule has 1 atom stereocenters. The van der Waals surface area contributed by atoms with Gasteiger partial charge in [0.05, 0.1) is 14.2 Å². The van der Waals surface area contributed by atoms with Gasteiger partial charge in [0.25, 0.3) is 0 Å². The van der Waals surface area contributed by atoms with E-state index in [-0.39, 0.29) is 0 Å². The van der Waals surface area contributed by atoms with Crippen LogP contribution in [0.2, 0.25) is 0 Å². The van der Waals surface area contributed by atoms with Crippen molar-refractivity contribution in [1.29, 1.82) is 0 Å². The van der Waals surface area contributed by atoms with Gasteiger partial charge in [0.1, 0.15) is 5.54 Å². The van der Waals surface area contributed by atoms with Crippen LogP contribution in [0.15, 0.2) is 67.3 Å². The highest BCUT2D eigenvalue weighted by atomic mass is 16.5. The molecule has 0 bridgehead atoms. The van der Waals surface area contributed by atoms with E-state index < -0.39 is 11.4 Å². The number of nitrogens with one attached hydrogen (secondary N) is 1. The van der Waals surface area contributed by atoms with E-state index in [0.717, 1.165) is 11.1 Å². The number of primary amides is 1. The zero-order chi connectivity index (χ0) is 20.7. The number of pyridine rings is 2. The van der Waals surface area contributed by atoms with Crippen molar-refractivity contribution in [2.45, 2.75) is 18.5 Å². The number of methoxy groups -OCH3 is 2. The zero-order valence-electron chi connectivity index (χ0n) is 16.5. The van der Waals surface area contributed by atoms with Crippen molar-refractivity contribution in [1.82, 2.24) is 15.3 Å². The molecule has 2 heterocycles. The monoisotopic (exact) mass is 392 g/mol. The second-order valence-corrected chi connectivity index (χ2v) is 6.59. The molecule has 1 unspecified atom stereocenters. The van der Waals surface area contributed by atoms with Gasteiger partial charge in [-0.3, -0.25) is 20.1 Å². The largest absolute Gasteiger partial charge is 0.493 e. The first-order valence-corrected chi connectivity index (χ1v) is 9.14. The van der Waals surface area contributed by atoms with Gasteiger partial charge in [-0.2, -0.15) is 0 Å². The summed E-state index contributed by atoms with van der Waals surface area (Å²) in [4.78, 5) is 21.2. The maximum absolute atomic E-state index is 12.9. The van der Waals surface area contributed by atoms with Crippen LogP contribution in [0.3, 0.4) is 0 Å². The minimum absolute atomic E-state index is 0.325. The Balaban J connectivity index is 2.06. The maximum Gasteiger partial charge on any atom is 0.242 e. The van der Waals surface area contributed by atoms with Crippen LogP contribution in [0.4, 0.5) is 0 Å². The van der Waals surface area contributed by atoms with Crippen LogP contribution in [0, 0.1) is 0 Å². The summed E-state index contributed by atoms with van der Waals surface area (Å²) in [5.41, 5.74) is 7.27. The molecular formula is C22H24N4O3. The standard InChI is InChI=1S/C22H24N4O3/c1-28-19-8-7-18(11-20(19)29-2)22(21(23)27,12-16-5-3-9-24-13-16)26-15-17-6-4-10-25-14-17/h3-11,13-14,26H,12,15H2,1-2H3,(H2,23,27). The van der Waals surface area contributed by atoms with Gasteiger partial charge in [-0.05, 0) is 41.0 Å². The van der Waals surface area contributed by atoms with Crippen molar-refractivity contribution >= 4 is 5.91 Å². The Morgan fingerprint density at radius 1 is 1.00 bits per heavy atom. The molecule has 0 radical (unpaired) electrons. The van der Waals surface area contributed by atoms with E-state index in [1.807, 2.05) is 30.3 Å². The first kappa shape index (κ1) is 20.3. The third kappa shape index (κ3) is 4.52. The number of hydrogen-bond acceptors (Lipinski definition) is 6. The second kappa shape index (κ2) is 9.16. The summed E-state index contributed by atoms with van der Waals surface area (Å²) in [5, 5.41) is 3.36. The molecule has 3 aromatic rings. The van der Waals surface area contributed by atoms with Crippen LogP contribution in [0.25, 0.3) is 0 Å². The number of rotatable bonds is 9. The molecule has 7 heteroatoms. The number of carbonyl (C=O) groups is 1. The predicted octanol–water partition coefficient (Wildman–Crippen LogP) is 2.21. The van der Waals surface area contributed by atoms with Crippen LogP contribution < -0.4 is 20.5 Å². The number of nitrogens with two attached hydrogens (primary N) is 1. The molecule has 150 valence electrons. The van der Waals surface area contributed by atoms with Gasteiger partial charge in [-0.15, -0.1) is 0 Å². The minimum atomic E-state index is -1.18. The smallest absolute Gasteiger partial charge is 0.242 e. The molecule has 29 heavy (non-hydrogen) atoms. The van der Waals surface area contributed by atoms with Crippen molar-refractivity contribution in [3.8, 4) is 11.5 Å². The summed E-state index contributed by atoms with van der Waals surface area (Å²) in [7, 11) is 3.12. The van der Waals surface area contributed by atoms with E-state index in [1.165, 1.54) is 0 Å². The van der Waals surface area contributed by atoms with Crippen molar-refractivity contribution in [3.63, 3.8) is 0 Å². The van der Waals surface area contributed by atoms with Crippen molar-refractivity contribution in [3.05, 3.63) is 83.9 Å². The van der Waals surface area contributed by atoms with E-state index >= 15 is 0 Å². The number of ether oxygens (including phenoxy) is 2. The highest BCUT2D eigenvalue weighted by Gasteiger charge is 2.39. The Kier molecular flexibility index (Phi) is 6.41. The lowest BCUT2D eigenvalue weighted by molar-refractivity contribution is -0.125. The van der Waals surface area contributed by atoms with Gasteiger partial charge >= 0.3 is 0 Å². The molecule has 0 fully saturated rings. The van der Waals surface area contributed by atoms with E-state index in [2.05, 4.69) is 15.3 Å². The van der Waals surface area contributed by atoms with Crippen molar-refractivity contribution in [2.75, 3.05) is 14.2 Å². The summed E-state index contributed by atoms with van der Waals surface area (Å²) in [6, 6.07) is 12.9. The average Bonchev–Trinajstić information content (AvgIpc) is 2.77. The van der Waals surface area contributed by atoms with Crippen molar-refractivity contribution < 1.29 is 14.3 Å². The van der Waals surface area contributed by atoms with Gasteiger partial charge in [0, 0.05) is 37.8 Å². The van der Waals surface area contributed by atoms with Gasteiger partial charge in [0.15, 0.2) is 11.5 Å². The van der Waals surface area contributed by atoms with Crippen LogP contribution in [0.5, 0.6) is 11.5 Å². The number of nitrogens with zero attached hydrogens (tertiary/aromatic N) is 2. The fraction of sp³-hybridized carbons (Fsp3) is 0.227. The number of carbonyl (C=O) groups excluding carboxylic acids is 1. The summed E-state index contributed by atoms with van der Waals surface area (Å²) in [6.45, 7) is 0.408. The Morgan fingerprint density at radius 3 is 2.21 bits per heavy atom. The molecule has 1 amide bonds. The number of aromatic nitrogens is 2. The lowest BCUT2D eigenvalue weighted by atomic mass is 9.82. The third-order valence-corrected chi connectivity index (χ3v) is 4.81. The second-order valence-electron chi connectivity index (χ2n) is 6.59. The third-order valence-electron chi connectivity index (χ3n) is 4.81. The highest BCUT2D eigenvalue weighted by molar-refractivity contribution is 5.87. The molecule has 0 saturated carbocycles. The molecule has 3 N–H and O–H groups in total. The fourth-order valence-electron chi connectivity index (χ4n) is 3.25. The van der Waals surface area contributed by atoms with E-state index in [1.54, 1.807) is 51.1 Å². The molecule has 0 aliphatic carbocycles. The Morgan fingerprint density at radius 2 is 1.66 bits per heavy atom. The Labute approximate surface area is 169 Å². The molecular weight excluding hydrogens is 368 g/mol. The molecule has 7 nitrogen and oxygen atoms in total. The minimum Gasteiger partial charge on any atom is -0.493 e. The van der Waals surface area contributed by atoms with E-state index in [4.69, 9.17) is 15.2 Å². The molecule has 1 aromatic carbocycles. The van der Waals surface area contributed by atoms with Crippen LogP contribution in [-0.4, -0.2) is 30.1 Å². The predicted molar refractivity (Wildman–Crippen MR) is 109 cm³/mol. The summed E-state index contributed by atoms with van der Waals surface area (Å²) < 4.78 is 10.8. The molecule has 0 aliphatic heterocycles. The summed E-state index contributed by atoms with van der Waals surface area (Å²) in [6.07, 6.45) is 7.19. The van der Waals surface area contributed by atoms with Gasteiger partial charge in [0.2, 0.25) is 5.91 Å². The van der Waals surface area contributed by atoms with Gasteiger partial charge in [-0.25, -0.2) is 0 Å². The van der Waals surface area contributed by atoms with Crippen LogP contribution >= 0.6 is 0 Å². The lowest BCUT2D eigenvalue weighted by Gasteiger charge is -2.33. The normalized spacial score (nSPS) is 12.8. The SMILES string of the molecule is COc1ccc(C(Cc2cccnc2)(NCc2cccnc2)C(N)=O)cc1OC. The zero-order valence-corrected chi connectivity index (χ0v) is 16.5. The first-order valence-electron chi connectivity index (χ1n) is 9.14. The molecule has 0 aliphatic rings. The molecule has 0 spiro atoms. The molecule has 3 rings (SSSR count). The average molecular weight is 392 g/mol. The molecule has 2 aromatic heterocycles. The summed E-state index contributed by atoms with van der Waals surface area (Å²) >= 11 is 0. The maximum atomic E-state index is 12.9. The Hall–Kier alpha value is -3.45. The van der Waals surface area contributed by atoms with Crippen LogP contribution in [-0.2, 0) is 23.3 Å². The fourth-order valence-corrected chi connectivity index (χ4v) is 3.25. The van der Waals surface area contributed by atoms with E-state index in [9.17, 15) is 4.79 Å². The summed E-state index contributed by atoms with van der Waals surface area (Å²) in [5.74, 6) is 0.589. The number of hydrogen-bond donors (Lipinski definition) is 2. The topological polar surface area (TPSA) is 99.4 Å². The first-order chi connectivity index (χ1) is 14.1. The van der Waals surface area contributed by atoms with Gasteiger partial charge < -0.3 is 15.2 Å². The molecule has 0 saturated heterocycles. The number of benzene rings is 1. The van der Waals surface area contributed by atoms with E-state index in [0.29, 0.717) is 30.0 Å². The van der Waals surface area contributed by atoms with Crippen LogP contribution in [0.1, 0.15) is 16.7 Å². The number of amides is 1. The quantitative estimate of drug-likeness (QED) is 0.579. The lowest BCUT2D eigenvalue weighted by Crippen LogP contribution is -2.54. The van der Waals surface area contributed by atoms with Gasteiger partial charge in [-0.1, -0.05) is 18.2 Å².